The maximum absolute atomic E-state index is 12.7. The van der Waals surface area contributed by atoms with Gasteiger partial charge in [0.25, 0.3) is 0 Å². The lowest BCUT2D eigenvalue weighted by molar-refractivity contribution is -0.141. The van der Waals surface area contributed by atoms with Gasteiger partial charge in [-0.15, -0.1) is 0 Å². The van der Waals surface area contributed by atoms with Crippen molar-refractivity contribution < 1.29 is 33.6 Å². The van der Waals surface area contributed by atoms with Gasteiger partial charge in [-0.2, -0.15) is 0 Å². The fourth-order valence-corrected chi connectivity index (χ4v) is 5.57. The van der Waals surface area contributed by atoms with Crippen molar-refractivity contribution in [3.63, 3.8) is 0 Å². The first-order valence-corrected chi connectivity index (χ1v) is 13.3. The summed E-state index contributed by atoms with van der Waals surface area (Å²) in [6, 6.07) is 1.81. The fraction of sp³-hybridized carbons (Fsp3) is 0.586. The molecule has 36 heavy (non-hydrogen) atoms. The molecule has 7 heteroatoms. The number of esters is 1. The molecular weight excluding hydrogens is 460 g/mol. The molecule has 0 saturated heterocycles. The predicted molar refractivity (Wildman–Crippen MR) is 134 cm³/mol. The molecule has 2 aliphatic heterocycles. The third-order valence-corrected chi connectivity index (χ3v) is 7.62. The first-order chi connectivity index (χ1) is 17.2. The Bertz CT molecular complexity index is 1100. The Hall–Kier alpha value is -2.80. The second-order valence-electron chi connectivity index (χ2n) is 10.8. The van der Waals surface area contributed by atoms with E-state index in [2.05, 4.69) is 0 Å². The van der Waals surface area contributed by atoms with Crippen LogP contribution in [0.3, 0.4) is 0 Å². The molecule has 0 radical (unpaired) electrons. The van der Waals surface area contributed by atoms with E-state index in [9.17, 15) is 14.7 Å². The third-order valence-electron chi connectivity index (χ3n) is 7.62. The number of aliphatic hydroxyl groups is 1. The van der Waals surface area contributed by atoms with E-state index < -0.39 is 17.7 Å². The minimum atomic E-state index is -1.04. The lowest BCUT2D eigenvalue weighted by Gasteiger charge is -2.30. The van der Waals surface area contributed by atoms with Gasteiger partial charge in [0, 0.05) is 30.9 Å². The highest BCUT2D eigenvalue weighted by atomic mass is 16.6. The van der Waals surface area contributed by atoms with Crippen molar-refractivity contribution >= 4 is 17.3 Å². The van der Waals surface area contributed by atoms with Gasteiger partial charge < -0.3 is 24.1 Å². The first kappa shape index (κ1) is 24.9. The molecule has 1 aromatic rings. The van der Waals surface area contributed by atoms with Crippen LogP contribution in [0.1, 0.15) is 89.7 Å². The summed E-state index contributed by atoms with van der Waals surface area (Å²) in [5.41, 5.74) is 2.70. The summed E-state index contributed by atoms with van der Waals surface area (Å²) in [5, 5.41) is 10.7. The number of allylic oxidation sites excluding steroid dienone is 3. The second-order valence-corrected chi connectivity index (χ2v) is 10.8. The largest absolute Gasteiger partial charge is 0.489 e. The van der Waals surface area contributed by atoms with Crippen molar-refractivity contribution in [1.29, 1.82) is 0 Å². The van der Waals surface area contributed by atoms with Gasteiger partial charge in [0.2, 0.25) is 5.76 Å². The van der Waals surface area contributed by atoms with Crippen LogP contribution in [0, 0.1) is 0 Å². The summed E-state index contributed by atoms with van der Waals surface area (Å²) in [5.74, 6) is 1.67. The summed E-state index contributed by atoms with van der Waals surface area (Å²) < 4.78 is 24.3. The van der Waals surface area contributed by atoms with E-state index in [4.69, 9.17) is 18.9 Å². The molecule has 5 rings (SSSR count). The number of rotatable bonds is 5. The van der Waals surface area contributed by atoms with Crippen LogP contribution < -0.4 is 14.2 Å². The number of carbonyl (C=O) groups excluding carboxylic acids is 2. The van der Waals surface area contributed by atoms with Crippen molar-refractivity contribution in [3.8, 4) is 17.2 Å². The molecule has 0 spiro atoms. The number of ketones is 1. The van der Waals surface area contributed by atoms with E-state index in [1.807, 2.05) is 6.07 Å². The standard InChI is InChI=1S/C29H36O7/c1-4-33-28(31)24-14-20(17-10-12-18(30)13-11-17)26-23(35-24)16-22-21(15-25(36-22)29(2,3)32)27(26)34-19-8-6-5-7-9-19/h14,16,19,25,32H,4-13,15H2,1-3H3/t25-/m0/s1. The highest BCUT2D eigenvalue weighted by Gasteiger charge is 2.41. The number of fused-ring (bicyclic) bond motifs is 2. The quantitative estimate of drug-likeness (QED) is 0.560. The topological polar surface area (TPSA) is 91.3 Å². The fourth-order valence-electron chi connectivity index (χ4n) is 5.57. The highest BCUT2D eigenvalue weighted by Crippen LogP contribution is 2.52. The molecule has 2 saturated carbocycles. The van der Waals surface area contributed by atoms with Gasteiger partial charge in [-0.1, -0.05) is 12.0 Å². The Balaban J connectivity index is 1.66. The molecule has 7 nitrogen and oxygen atoms in total. The van der Waals surface area contributed by atoms with Crippen LogP contribution in [-0.2, 0) is 20.7 Å². The average molecular weight is 497 g/mol. The summed E-state index contributed by atoms with van der Waals surface area (Å²) in [6.45, 7) is 5.49. The Morgan fingerprint density at radius 2 is 1.83 bits per heavy atom. The Morgan fingerprint density at radius 3 is 2.50 bits per heavy atom. The van der Waals surface area contributed by atoms with Gasteiger partial charge in [0.1, 0.15) is 29.1 Å². The number of carbonyl (C=O) groups is 2. The van der Waals surface area contributed by atoms with Crippen molar-refractivity contribution in [2.24, 2.45) is 0 Å². The molecule has 1 atom stereocenters. The monoisotopic (exact) mass is 496 g/mol. The Labute approximate surface area is 212 Å². The average Bonchev–Trinajstić information content (AvgIpc) is 3.29. The van der Waals surface area contributed by atoms with Crippen LogP contribution in [0.2, 0.25) is 0 Å². The summed E-state index contributed by atoms with van der Waals surface area (Å²) in [6.07, 6.45) is 9.65. The molecule has 2 aliphatic carbocycles. The van der Waals surface area contributed by atoms with Crippen molar-refractivity contribution in [3.05, 3.63) is 34.6 Å². The van der Waals surface area contributed by atoms with Crippen LogP contribution in [-0.4, -0.2) is 41.3 Å². The van der Waals surface area contributed by atoms with Crippen LogP contribution in [0.4, 0.5) is 0 Å². The molecule has 0 aromatic heterocycles. The lowest BCUT2D eigenvalue weighted by atomic mass is 9.84. The minimum Gasteiger partial charge on any atom is -0.489 e. The molecule has 194 valence electrons. The first-order valence-electron chi connectivity index (χ1n) is 13.3. The number of hydrogen-bond donors (Lipinski definition) is 1. The number of hydrogen-bond acceptors (Lipinski definition) is 7. The van der Waals surface area contributed by atoms with Gasteiger partial charge in [0.15, 0.2) is 0 Å². The van der Waals surface area contributed by atoms with Crippen LogP contribution >= 0.6 is 0 Å². The molecule has 0 bridgehead atoms. The summed E-state index contributed by atoms with van der Waals surface area (Å²) >= 11 is 0. The van der Waals surface area contributed by atoms with Crippen LogP contribution in [0.5, 0.6) is 17.2 Å². The van der Waals surface area contributed by atoms with Crippen molar-refractivity contribution in [2.45, 2.75) is 103 Å². The van der Waals surface area contributed by atoms with Crippen molar-refractivity contribution in [2.75, 3.05) is 6.61 Å². The summed E-state index contributed by atoms with van der Waals surface area (Å²) in [4.78, 5) is 24.7. The molecule has 2 heterocycles. The molecule has 4 aliphatic rings. The second kappa shape index (κ2) is 9.92. The van der Waals surface area contributed by atoms with E-state index in [-0.39, 0.29) is 24.3 Å². The van der Waals surface area contributed by atoms with E-state index >= 15 is 0 Å². The number of benzene rings is 1. The maximum Gasteiger partial charge on any atom is 0.374 e. The zero-order valence-electron chi connectivity index (χ0n) is 21.5. The van der Waals surface area contributed by atoms with Crippen LogP contribution in [0.25, 0.3) is 5.57 Å². The lowest BCUT2D eigenvalue weighted by Crippen LogP contribution is -2.39. The SMILES string of the molecule is CCOC(=O)C1=CC(=C2CCC(=O)CC2)c2c(cc3c(c2OC2CCCCC2)C[C@@H](C(C)(C)O)O3)O1. The Kier molecular flexibility index (Phi) is 6.86. The van der Waals surface area contributed by atoms with E-state index in [0.717, 1.165) is 53.7 Å². The normalized spacial score (nSPS) is 22.3. The highest BCUT2D eigenvalue weighted by molar-refractivity contribution is 5.97. The molecule has 2 fully saturated rings. The van der Waals surface area contributed by atoms with E-state index in [0.29, 0.717) is 43.6 Å². The number of Topliss-reactive ketones (excluding diaryl/α,β-unsaturated/α-hetero) is 1. The van der Waals surface area contributed by atoms with Gasteiger partial charge in [-0.05, 0) is 70.9 Å². The smallest absolute Gasteiger partial charge is 0.374 e. The number of ether oxygens (including phenoxy) is 4. The van der Waals surface area contributed by atoms with Gasteiger partial charge >= 0.3 is 5.97 Å². The van der Waals surface area contributed by atoms with Crippen molar-refractivity contribution in [1.82, 2.24) is 0 Å². The Morgan fingerprint density at radius 1 is 1.11 bits per heavy atom. The van der Waals surface area contributed by atoms with E-state index in [1.165, 1.54) is 6.42 Å². The van der Waals surface area contributed by atoms with E-state index in [1.54, 1.807) is 26.8 Å². The molecule has 1 N–H and O–H groups in total. The van der Waals surface area contributed by atoms with Gasteiger partial charge in [0.05, 0.1) is 23.9 Å². The summed E-state index contributed by atoms with van der Waals surface area (Å²) in [7, 11) is 0. The maximum atomic E-state index is 12.7. The molecular formula is C29H36O7. The van der Waals surface area contributed by atoms with Crippen LogP contribution in [0.15, 0.2) is 23.5 Å². The zero-order chi connectivity index (χ0) is 25.4. The molecule has 0 amide bonds. The predicted octanol–water partition coefficient (Wildman–Crippen LogP) is 5.21. The van der Waals surface area contributed by atoms with Gasteiger partial charge in [-0.3, -0.25) is 4.79 Å². The minimum absolute atomic E-state index is 0.0881. The molecule has 1 aromatic carbocycles. The van der Waals surface area contributed by atoms with Gasteiger partial charge in [-0.25, -0.2) is 4.79 Å². The molecule has 0 unspecified atom stereocenters. The zero-order valence-corrected chi connectivity index (χ0v) is 21.5. The third kappa shape index (κ3) is 4.90.